The molecule has 1 N–H and O–H groups in total. The molecule has 2 rings (SSSR count). The number of carbonyl (C=O) groups is 3. The minimum atomic E-state index is -0.937. The van der Waals surface area contributed by atoms with Crippen molar-refractivity contribution >= 4 is 40.6 Å². The molecule has 8 nitrogen and oxygen atoms in total. The van der Waals surface area contributed by atoms with Gasteiger partial charge in [0.1, 0.15) is 0 Å². The summed E-state index contributed by atoms with van der Waals surface area (Å²) in [6.07, 6.45) is 3.27. The number of carbonyl (C=O) groups excluding carboxylic acids is 3. The zero-order valence-electron chi connectivity index (χ0n) is 16.4. The number of non-ortho nitro benzene ring substituents is 1. The Morgan fingerprint density at radius 1 is 1.10 bits per heavy atom. The molecule has 0 aliphatic rings. The molecule has 9 heteroatoms. The molecule has 0 atom stereocenters. The normalized spacial score (nSPS) is 10.3. The molecule has 0 aliphatic carbocycles. The van der Waals surface area contributed by atoms with Crippen molar-refractivity contribution in [2.45, 2.75) is 32.6 Å². The summed E-state index contributed by atoms with van der Waals surface area (Å²) in [5.74, 6) is -1.50. The first-order chi connectivity index (χ1) is 14.3. The first-order valence-corrected chi connectivity index (χ1v) is 9.73. The molecule has 0 heterocycles. The third-order valence-corrected chi connectivity index (χ3v) is 4.54. The van der Waals surface area contributed by atoms with Crippen LogP contribution in [0.4, 0.5) is 11.4 Å². The quantitative estimate of drug-likeness (QED) is 0.189. The van der Waals surface area contributed by atoms with E-state index in [1.54, 1.807) is 12.1 Å². The second kappa shape index (κ2) is 11.1. The number of esters is 1. The average molecular weight is 433 g/mol. The number of nitro benzene ring substituents is 1. The number of nitrogens with zero attached hydrogens (tertiary/aromatic N) is 1. The second-order valence-corrected chi connectivity index (χ2v) is 6.91. The molecule has 2 aromatic rings. The third-order valence-electron chi connectivity index (χ3n) is 4.21. The third kappa shape index (κ3) is 6.66. The van der Waals surface area contributed by atoms with Crippen LogP contribution in [0.3, 0.4) is 0 Å². The van der Waals surface area contributed by atoms with Gasteiger partial charge in [-0.25, -0.2) is 4.79 Å². The molecule has 30 heavy (non-hydrogen) atoms. The van der Waals surface area contributed by atoms with Gasteiger partial charge in [0.15, 0.2) is 12.4 Å². The fourth-order valence-corrected chi connectivity index (χ4v) is 2.77. The number of hydrogen-bond acceptors (Lipinski definition) is 6. The average Bonchev–Trinajstić information content (AvgIpc) is 2.72. The number of unbranched alkanes of at least 4 members (excludes halogenated alkanes) is 2. The Balaban J connectivity index is 1.92. The van der Waals surface area contributed by atoms with Gasteiger partial charge in [-0.2, -0.15) is 0 Å². The summed E-state index contributed by atoms with van der Waals surface area (Å²) in [6.45, 7) is 1.50. The highest BCUT2D eigenvalue weighted by Crippen LogP contribution is 2.23. The van der Waals surface area contributed by atoms with Crippen molar-refractivity contribution in [1.29, 1.82) is 0 Å². The van der Waals surface area contributed by atoms with Gasteiger partial charge in [0.05, 0.1) is 15.5 Å². The van der Waals surface area contributed by atoms with Crippen LogP contribution in [0.5, 0.6) is 0 Å². The molecule has 0 radical (unpaired) electrons. The molecule has 0 saturated carbocycles. The zero-order valence-corrected chi connectivity index (χ0v) is 17.1. The number of ether oxygens (including phenoxy) is 1. The summed E-state index contributed by atoms with van der Waals surface area (Å²) in [4.78, 5) is 46.4. The van der Waals surface area contributed by atoms with Crippen LogP contribution in [-0.2, 0) is 9.53 Å². The maximum Gasteiger partial charge on any atom is 0.340 e. The van der Waals surface area contributed by atoms with Crippen LogP contribution >= 0.6 is 11.6 Å². The minimum Gasteiger partial charge on any atom is -0.454 e. The van der Waals surface area contributed by atoms with Gasteiger partial charge in [0.25, 0.3) is 5.69 Å². The monoisotopic (exact) mass is 432 g/mol. The molecular formula is C21H21ClN2O6. The molecule has 0 saturated heterocycles. The first kappa shape index (κ1) is 23.0. The number of hydrogen-bond donors (Lipinski definition) is 1. The van der Waals surface area contributed by atoms with Crippen molar-refractivity contribution in [2.75, 3.05) is 11.9 Å². The molecule has 1 amide bonds. The summed E-state index contributed by atoms with van der Waals surface area (Å²) in [6, 6.07) is 9.57. The maximum atomic E-state index is 12.2. The summed E-state index contributed by atoms with van der Waals surface area (Å²) in [5, 5.41) is 13.6. The first-order valence-electron chi connectivity index (χ1n) is 9.36. The lowest BCUT2D eigenvalue weighted by Gasteiger charge is -2.08. The Morgan fingerprint density at radius 2 is 1.80 bits per heavy atom. The van der Waals surface area contributed by atoms with E-state index in [9.17, 15) is 24.5 Å². The van der Waals surface area contributed by atoms with E-state index >= 15 is 0 Å². The number of halogens is 1. The van der Waals surface area contributed by atoms with Gasteiger partial charge in [0, 0.05) is 29.8 Å². The molecule has 0 aromatic heterocycles. The number of nitro groups is 1. The number of rotatable bonds is 10. The van der Waals surface area contributed by atoms with Crippen molar-refractivity contribution in [3.63, 3.8) is 0 Å². The summed E-state index contributed by atoms with van der Waals surface area (Å²) in [5.41, 5.74) is 0.343. The van der Waals surface area contributed by atoms with Gasteiger partial charge in [0.2, 0.25) is 5.91 Å². The van der Waals surface area contributed by atoms with Crippen LogP contribution in [0.25, 0.3) is 0 Å². The van der Waals surface area contributed by atoms with E-state index in [0.717, 1.165) is 31.4 Å². The molecule has 0 bridgehead atoms. The lowest BCUT2D eigenvalue weighted by Crippen LogP contribution is -2.15. The van der Waals surface area contributed by atoms with Crippen molar-refractivity contribution in [3.8, 4) is 0 Å². The SMILES string of the molecule is CCCCCC(=O)Nc1ccc(C(=O)COC(=O)c2cc([N+](=O)[O-])ccc2Cl)cc1. The highest BCUT2D eigenvalue weighted by Gasteiger charge is 2.18. The van der Waals surface area contributed by atoms with Crippen molar-refractivity contribution in [2.24, 2.45) is 0 Å². The van der Waals surface area contributed by atoms with Crippen LogP contribution in [-0.4, -0.2) is 29.2 Å². The van der Waals surface area contributed by atoms with Gasteiger partial charge in [-0.15, -0.1) is 0 Å². The number of nitrogens with one attached hydrogen (secondary N) is 1. The molecule has 0 aliphatic heterocycles. The molecule has 0 unspecified atom stereocenters. The highest BCUT2D eigenvalue weighted by atomic mass is 35.5. The minimum absolute atomic E-state index is 0.0166. The van der Waals surface area contributed by atoms with Crippen molar-refractivity contribution in [3.05, 3.63) is 68.7 Å². The number of Topliss-reactive ketones (excluding diaryl/α,β-unsaturated/α-hetero) is 1. The fraction of sp³-hybridized carbons (Fsp3) is 0.286. The van der Waals surface area contributed by atoms with E-state index in [2.05, 4.69) is 12.2 Å². The lowest BCUT2D eigenvalue weighted by atomic mass is 10.1. The van der Waals surface area contributed by atoms with Gasteiger partial charge in [-0.3, -0.25) is 19.7 Å². The smallest absolute Gasteiger partial charge is 0.340 e. The van der Waals surface area contributed by atoms with E-state index in [-0.39, 0.29) is 27.7 Å². The Hall–Kier alpha value is -3.26. The number of ketones is 1. The van der Waals surface area contributed by atoms with Gasteiger partial charge < -0.3 is 10.1 Å². The maximum absolute atomic E-state index is 12.2. The predicted molar refractivity (Wildman–Crippen MR) is 112 cm³/mol. The van der Waals surface area contributed by atoms with Crippen LogP contribution in [0.15, 0.2) is 42.5 Å². The Labute approximate surface area is 178 Å². The van der Waals surface area contributed by atoms with Crippen LogP contribution in [0.1, 0.15) is 53.3 Å². The highest BCUT2D eigenvalue weighted by molar-refractivity contribution is 6.33. The summed E-state index contributed by atoms with van der Waals surface area (Å²) >= 11 is 5.88. The largest absolute Gasteiger partial charge is 0.454 e. The Morgan fingerprint density at radius 3 is 2.43 bits per heavy atom. The van der Waals surface area contributed by atoms with E-state index in [1.807, 2.05) is 0 Å². The fourth-order valence-electron chi connectivity index (χ4n) is 2.57. The van der Waals surface area contributed by atoms with Crippen LogP contribution < -0.4 is 5.32 Å². The van der Waals surface area contributed by atoms with Crippen LogP contribution in [0, 0.1) is 10.1 Å². The van der Waals surface area contributed by atoms with Crippen molar-refractivity contribution in [1.82, 2.24) is 0 Å². The number of anilines is 1. The molecule has 158 valence electrons. The van der Waals surface area contributed by atoms with Crippen molar-refractivity contribution < 1.29 is 24.0 Å². The van der Waals surface area contributed by atoms with Gasteiger partial charge >= 0.3 is 5.97 Å². The van der Waals surface area contributed by atoms with E-state index < -0.39 is 23.3 Å². The second-order valence-electron chi connectivity index (χ2n) is 6.50. The molecule has 0 spiro atoms. The van der Waals surface area contributed by atoms with E-state index in [4.69, 9.17) is 16.3 Å². The van der Waals surface area contributed by atoms with Gasteiger partial charge in [-0.05, 0) is 36.8 Å². The molecule has 2 aromatic carbocycles. The Kier molecular flexibility index (Phi) is 8.49. The van der Waals surface area contributed by atoms with Gasteiger partial charge in [-0.1, -0.05) is 31.4 Å². The topological polar surface area (TPSA) is 116 Å². The number of benzene rings is 2. The molecule has 0 fully saturated rings. The zero-order chi connectivity index (χ0) is 22.1. The van der Waals surface area contributed by atoms with E-state index in [1.165, 1.54) is 18.2 Å². The summed E-state index contributed by atoms with van der Waals surface area (Å²) in [7, 11) is 0. The predicted octanol–water partition coefficient (Wildman–Crippen LogP) is 4.81. The Bertz CT molecular complexity index is 943. The molecular weight excluding hydrogens is 412 g/mol. The number of amides is 1. The van der Waals surface area contributed by atoms with E-state index in [0.29, 0.717) is 12.1 Å². The lowest BCUT2D eigenvalue weighted by molar-refractivity contribution is -0.384. The van der Waals surface area contributed by atoms with Crippen LogP contribution in [0.2, 0.25) is 5.02 Å². The summed E-state index contributed by atoms with van der Waals surface area (Å²) < 4.78 is 4.94. The standard InChI is InChI=1S/C21H21ClN2O6/c1-2-3-4-5-20(26)23-15-8-6-14(7-9-15)19(25)13-30-21(27)17-12-16(24(28)29)10-11-18(17)22/h6-12H,2-5,13H2,1H3,(H,23,26).